The summed E-state index contributed by atoms with van der Waals surface area (Å²) >= 11 is 0. The lowest BCUT2D eigenvalue weighted by molar-refractivity contribution is 0.0951. The fraction of sp³-hybridized carbons (Fsp3) is 0.0357. The molecule has 5 heteroatoms. The molecular formula is C28H22N4O. The van der Waals surface area contributed by atoms with Crippen molar-refractivity contribution in [2.45, 2.75) is 6.54 Å². The van der Waals surface area contributed by atoms with Gasteiger partial charge < -0.3 is 10.6 Å². The van der Waals surface area contributed by atoms with E-state index in [0.717, 1.165) is 33.3 Å². The Balaban J connectivity index is 1.33. The topological polar surface area (TPSA) is 66.9 Å². The van der Waals surface area contributed by atoms with Gasteiger partial charge in [0.2, 0.25) is 5.95 Å². The van der Waals surface area contributed by atoms with E-state index < -0.39 is 0 Å². The van der Waals surface area contributed by atoms with Crippen LogP contribution < -0.4 is 10.6 Å². The number of anilines is 2. The number of carbonyl (C=O) groups excluding carboxylic acids is 1. The summed E-state index contributed by atoms with van der Waals surface area (Å²) in [6.45, 7) is 0.461. The van der Waals surface area contributed by atoms with Crippen LogP contribution in [0.3, 0.4) is 0 Å². The summed E-state index contributed by atoms with van der Waals surface area (Å²) in [6.07, 6.45) is 1.71. The first-order valence-electron chi connectivity index (χ1n) is 10.8. The Labute approximate surface area is 192 Å². The molecule has 5 rings (SSSR count). The Kier molecular flexibility index (Phi) is 5.76. The summed E-state index contributed by atoms with van der Waals surface area (Å²) in [5.41, 5.74) is 4.18. The fourth-order valence-electron chi connectivity index (χ4n) is 3.77. The number of hydrogen-bond donors (Lipinski definition) is 2. The van der Waals surface area contributed by atoms with Gasteiger partial charge >= 0.3 is 0 Å². The van der Waals surface area contributed by atoms with Crippen LogP contribution in [0.2, 0.25) is 0 Å². The average Bonchev–Trinajstić information content (AvgIpc) is 2.88. The fourth-order valence-corrected chi connectivity index (χ4v) is 3.77. The van der Waals surface area contributed by atoms with Gasteiger partial charge in [0.25, 0.3) is 5.91 Å². The van der Waals surface area contributed by atoms with Crippen LogP contribution in [-0.4, -0.2) is 15.9 Å². The van der Waals surface area contributed by atoms with Crippen molar-refractivity contribution in [3.63, 3.8) is 0 Å². The average molecular weight is 431 g/mol. The minimum atomic E-state index is -0.124. The van der Waals surface area contributed by atoms with Crippen LogP contribution in [0, 0.1) is 0 Å². The van der Waals surface area contributed by atoms with Crippen molar-refractivity contribution in [3.8, 4) is 11.3 Å². The maximum atomic E-state index is 12.9. The predicted molar refractivity (Wildman–Crippen MR) is 132 cm³/mol. The van der Waals surface area contributed by atoms with E-state index in [-0.39, 0.29) is 5.91 Å². The molecule has 5 nitrogen and oxygen atoms in total. The van der Waals surface area contributed by atoms with Gasteiger partial charge in [0, 0.05) is 29.6 Å². The lowest BCUT2D eigenvalue weighted by atomic mass is 10.0. The highest BCUT2D eigenvalue weighted by molar-refractivity contribution is 5.95. The summed E-state index contributed by atoms with van der Waals surface area (Å²) in [4.78, 5) is 21.8. The summed E-state index contributed by atoms with van der Waals surface area (Å²) in [5.74, 6) is 0.381. The SMILES string of the molecule is O=C(NCc1cccc2ccccc12)c1cccc(-c2ccnc(Nc3ccccc3)n2)c1. The maximum Gasteiger partial charge on any atom is 0.251 e. The number of hydrogen-bond acceptors (Lipinski definition) is 4. The highest BCUT2D eigenvalue weighted by Gasteiger charge is 2.10. The number of nitrogens with zero attached hydrogens (tertiary/aromatic N) is 2. The maximum absolute atomic E-state index is 12.9. The van der Waals surface area contributed by atoms with E-state index in [4.69, 9.17) is 0 Å². The number of amides is 1. The molecule has 160 valence electrons. The number of carbonyl (C=O) groups is 1. The molecule has 1 amide bonds. The molecule has 0 aliphatic heterocycles. The molecular weight excluding hydrogens is 408 g/mol. The predicted octanol–water partition coefficient (Wildman–Crippen LogP) is 5.97. The van der Waals surface area contributed by atoms with E-state index in [1.807, 2.05) is 84.9 Å². The molecule has 4 aromatic carbocycles. The highest BCUT2D eigenvalue weighted by atomic mass is 16.1. The summed E-state index contributed by atoms with van der Waals surface area (Å²) in [6, 6.07) is 33.4. The highest BCUT2D eigenvalue weighted by Crippen LogP contribution is 2.21. The lowest BCUT2D eigenvalue weighted by Gasteiger charge is -2.10. The largest absolute Gasteiger partial charge is 0.348 e. The molecule has 0 atom stereocenters. The van der Waals surface area contributed by atoms with E-state index in [0.29, 0.717) is 18.1 Å². The smallest absolute Gasteiger partial charge is 0.251 e. The van der Waals surface area contributed by atoms with Gasteiger partial charge in [-0.1, -0.05) is 72.8 Å². The standard InChI is InChI=1S/C28H22N4O/c33-27(30-19-23-12-6-9-20-8-4-5-15-25(20)23)22-11-7-10-21(18-22)26-16-17-29-28(32-26)31-24-13-2-1-3-14-24/h1-18H,19H2,(H,30,33)(H,29,31,32). The zero-order valence-electron chi connectivity index (χ0n) is 17.9. The third-order valence-electron chi connectivity index (χ3n) is 5.43. The Morgan fingerprint density at radius 3 is 2.48 bits per heavy atom. The zero-order valence-corrected chi connectivity index (χ0v) is 17.9. The Morgan fingerprint density at radius 2 is 1.58 bits per heavy atom. The Morgan fingerprint density at radius 1 is 0.788 bits per heavy atom. The molecule has 0 bridgehead atoms. The second-order valence-electron chi connectivity index (χ2n) is 7.66. The van der Waals surface area contributed by atoms with Crippen molar-refractivity contribution in [3.05, 3.63) is 120 Å². The van der Waals surface area contributed by atoms with E-state index in [2.05, 4.69) is 38.8 Å². The molecule has 0 saturated carbocycles. The van der Waals surface area contributed by atoms with Gasteiger partial charge in [-0.15, -0.1) is 0 Å². The van der Waals surface area contributed by atoms with Crippen LogP contribution in [0.1, 0.15) is 15.9 Å². The minimum absolute atomic E-state index is 0.124. The van der Waals surface area contributed by atoms with Gasteiger partial charge in [0.15, 0.2) is 0 Å². The first-order valence-corrected chi connectivity index (χ1v) is 10.8. The summed E-state index contributed by atoms with van der Waals surface area (Å²) < 4.78 is 0. The van der Waals surface area contributed by atoms with Crippen LogP contribution in [0.15, 0.2) is 109 Å². The second-order valence-corrected chi connectivity index (χ2v) is 7.66. The minimum Gasteiger partial charge on any atom is -0.348 e. The van der Waals surface area contributed by atoms with Crippen molar-refractivity contribution in [2.24, 2.45) is 0 Å². The summed E-state index contributed by atoms with van der Waals surface area (Å²) in [7, 11) is 0. The number of fused-ring (bicyclic) bond motifs is 1. The van der Waals surface area contributed by atoms with Crippen molar-refractivity contribution in [2.75, 3.05) is 5.32 Å². The normalized spacial score (nSPS) is 10.7. The van der Waals surface area contributed by atoms with Gasteiger partial charge in [0.05, 0.1) is 5.69 Å². The van der Waals surface area contributed by atoms with Crippen molar-refractivity contribution >= 4 is 28.3 Å². The molecule has 0 saturated heterocycles. The monoisotopic (exact) mass is 430 g/mol. The first kappa shape index (κ1) is 20.4. The molecule has 0 fully saturated rings. The number of rotatable bonds is 6. The summed E-state index contributed by atoms with van der Waals surface area (Å²) in [5, 5.41) is 8.56. The quantitative estimate of drug-likeness (QED) is 0.348. The van der Waals surface area contributed by atoms with Gasteiger partial charge in [-0.25, -0.2) is 9.97 Å². The molecule has 0 unspecified atom stereocenters. The van der Waals surface area contributed by atoms with Crippen LogP contribution in [-0.2, 0) is 6.54 Å². The third kappa shape index (κ3) is 4.72. The van der Waals surface area contributed by atoms with Crippen molar-refractivity contribution in [1.29, 1.82) is 0 Å². The number of para-hydroxylation sites is 1. The van der Waals surface area contributed by atoms with Crippen LogP contribution >= 0.6 is 0 Å². The van der Waals surface area contributed by atoms with E-state index in [1.54, 1.807) is 6.20 Å². The molecule has 33 heavy (non-hydrogen) atoms. The van der Waals surface area contributed by atoms with E-state index in [9.17, 15) is 4.79 Å². The first-order chi connectivity index (χ1) is 16.3. The van der Waals surface area contributed by atoms with Crippen molar-refractivity contribution in [1.82, 2.24) is 15.3 Å². The van der Waals surface area contributed by atoms with Crippen LogP contribution in [0.4, 0.5) is 11.6 Å². The Hall–Kier alpha value is -4.51. The zero-order chi connectivity index (χ0) is 22.5. The molecule has 1 heterocycles. The van der Waals surface area contributed by atoms with Crippen molar-refractivity contribution < 1.29 is 4.79 Å². The van der Waals surface area contributed by atoms with Gasteiger partial charge in [0.1, 0.15) is 0 Å². The molecule has 5 aromatic rings. The lowest BCUT2D eigenvalue weighted by Crippen LogP contribution is -2.22. The molecule has 1 aromatic heterocycles. The number of nitrogens with one attached hydrogen (secondary N) is 2. The van der Waals surface area contributed by atoms with Gasteiger partial charge in [-0.05, 0) is 46.7 Å². The molecule has 0 aliphatic carbocycles. The van der Waals surface area contributed by atoms with Crippen LogP contribution in [0.5, 0.6) is 0 Å². The molecule has 0 spiro atoms. The second kappa shape index (κ2) is 9.32. The molecule has 2 N–H and O–H groups in total. The Bertz CT molecular complexity index is 1410. The molecule has 0 radical (unpaired) electrons. The number of aromatic nitrogens is 2. The van der Waals surface area contributed by atoms with Gasteiger partial charge in [-0.3, -0.25) is 4.79 Å². The van der Waals surface area contributed by atoms with Gasteiger partial charge in [-0.2, -0.15) is 0 Å². The van der Waals surface area contributed by atoms with Crippen LogP contribution in [0.25, 0.3) is 22.0 Å². The third-order valence-corrected chi connectivity index (χ3v) is 5.43. The van der Waals surface area contributed by atoms with E-state index >= 15 is 0 Å². The molecule has 0 aliphatic rings. The van der Waals surface area contributed by atoms with E-state index in [1.165, 1.54) is 0 Å². The number of benzene rings is 4.